The van der Waals surface area contributed by atoms with Gasteiger partial charge in [0.15, 0.2) is 0 Å². The third-order valence-electron chi connectivity index (χ3n) is 4.26. The van der Waals surface area contributed by atoms with Crippen LogP contribution >= 0.6 is 0 Å². The average Bonchev–Trinajstić information content (AvgIpc) is 2.56. The van der Waals surface area contributed by atoms with E-state index in [0.29, 0.717) is 5.41 Å². The molecule has 0 radical (unpaired) electrons. The maximum atomic E-state index is 3.72. The molecule has 0 amide bonds. The Bertz CT molecular complexity index is 202. The van der Waals surface area contributed by atoms with Crippen LogP contribution in [0.5, 0.6) is 0 Å². The van der Waals surface area contributed by atoms with E-state index in [4.69, 9.17) is 0 Å². The van der Waals surface area contributed by atoms with Gasteiger partial charge >= 0.3 is 0 Å². The van der Waals surface area contributed by atoms with Gasteiger partial charge in [-0.1, -0.05) is 13.8 Å². The van der Waals surface area contributed by atoms with Crippen LogP contribution in [0, 0.1) is 11.3 Å². The maximum Gasteiger partial charge on any atom is 0.0209 e. The fourth-order valence-corrected chi connectivity index (χ4v) is 2.58. The van der Waals surface area contributed by atoms with E-state index in [-0.39, 0.29) is 0 Å². The van der Waals surface area contributed by atoms with E-state index in [9.17, 15) is 0 Å². The first kappa shape index (κ1) is 10.4. The monoisotopic (exact) mass is 196 g/mol. The topological polar surface area (TPSA) is 15.3 Å². The highest BCUT2D eigenvalue weighted by Gasteiger charge is 2.45. The molecule has 0 bridgehead atoms. The number of hydrogen-bond acceptors (Lipinski definition) is 2. The molecule has 2 nitrogen and oxygen atoms in total. The van der Waals surface area contributed by atoms with Gasteiger partial charge in [0.2, 0.25) is 0 Å². The van der Waals surface area contributed by atoms with Crippen molar-refractivity contribution in [2.75, 3.05) is 20.1 Å². The van der Waals surface area contributed by atoms with Crippen molar-refractivity contribution in [3.63, 3.8) is 0 Å². The second kappa shape index (κ2) is 3.49. The molecule has 0 spiro atoms. The van der Waals surface area contributed by atoms with Gasteiger partial charge in [-0.15, -0.1) is 0 Å². The second-order valence-electron chi connectivity index (χ2n) is 6.02. The van der Waals surface area contributed by atoms with Gasteiger partial charge in [0.05, 0.1) is 0 Å². The van der Waals surface area contributed by atoms with Gasteiger partial charge in [-0.3, -0.25) is 0 Å². The number of nitrogens with one attached hydrogen (secondary N) is 1. The fraction of sp³-hybridized carbons (Fsp3) is 1.00. The summed E-state index contributed by atoms with van der Waals surface area (Å²) in [4.78, 5) is 2.45. The normalized spacial score (nSPS) is 41.6. The molecule has 2 aliphatic rings. The Labute approximate surface area is 88.1 Å². The van der Waals surface area contributed by atoms with Crippen LogP contribution in [0.1, 0.15) is 33.6 Å². The largest absolute Gasteiger partial charge is 0.312 e. The van der Waals surface area contributed by atoms with E-state index in [1.807, 2.05) is 0 Å². The molecule has 0 aromatic carbocycles. The van der Waals surface area contributed by atoms with Crippen molar-refractivity contribution in [3.05, 3.63) is 0 Å². The van der Waals surface area contributed by atoms with Gasteiger partial charge in [-0.05, 0) is 44.7 Å². The van der Waals surface area contributed by atoms with Crippen LogP contribution in [0.4, 0.5) is 0 Å². The highest BCUT2D eigenvalue weighted by Crippen LogP contribution is 2.51. The lowest BCUT2D eigenvalue weighted by Crippen LogP contribution is -2.33. The number of likely N-dealkylation sites (N-methyl/N-ethyl adjacent to an activating group) is 1. The standard InChI is InChI=1S/C12H24N2/c1-9-5-11(8-14(9)4)13-7-10-6-12(10,2)3/h9-11,13H,5-8H2,1-4H3. The molecule has 2 heteroatoms. The third-order valence-corrected chi connectivity index (χ3v) is 4.26. The molecular formula is C12H24N2. The molecule has 2 fully saturated rings. The van der Waals surface area contributed by atoms with E-state index in [1.54, 1.807) is 0 Å². The van der Waals surface area contributed by atoms with Gasteiger partial charge in [0.1, 0.15) is 0 Å². The van der Waals surface area contributed by atoms with Crippen molar-refractivity contribution in [2.45, 2.75) is 45.7 Å². The predicted molar refractivity (Wildman–Crippen MR) is 60.4 cm³/mol. The van der Waals surface area contributed by atoms with Crippen LogP contribution < -0.4 is 5.32 Å². The summed E-state index contributed by atoms with van der Waals surface area (Å²) in [6.45, 7) is 9.54. The first-order chi connectivity index (χ1) is 6.49. The zero-order valence-electron chi connectivity index (χ0n) is 10.0. The first-order valence-corrected chi connectivity index (χ1v) is 5.92. The van der Waals surface area contributed by atoms with Crippen molar-refractivity contribution < 1.29 is 0 Å². The van der Waals surface area contributed by atoms with Gasteiger partial charge in [-0.2, -0.15) is 0 Å². The van der Waals surface area contributed by atoms with E-state index in [2.05, 4.69) is 38.0 Å². The molecule has 0 aromatic rings. The summed E-state index contributed by atoms with van der Waals surface area (Å²) in [7, 11) is 2.23. The van der Waals surface area contributed by atoms with Crippen LogP contribution in [0.3, 0.4) is 0 Å². The average molecular weight is 196 g/mol. The summed E-state index contributed by atoms with van der Waals surface area (Å²) in [5, 5.41) is 3.72. The fourth-order valence-electron chi connectivity index (χ4n) is 2.58. The minimum atomic E-state index is 0.628. The Hall–Kier alpha value is -0.0800. The van der Waals surface area contributed by atoms with Crippen LogP contribution in [-0.4, -0.2) is 37.1 Å². The third kappa shape index (κ3) is 2.12. The highest BCUT2D eigenvalue weighted by atomic mass is 15.2. The van der Waals surface area contributed by atoms with E-state index >= 15 is 0 Å². The lowest BCUT2D eigenvalue weighted by atomic mass is 10.1. The Morgan fingerprint density at radius 1 is 1.43 bits per heavy atom. The minimum absolute atomic E-state index is 0.628. The Balaban J connectivity index is 1.68. The summed E-state index contributed by atoms with van der Waals surface area (Å²) in [5.74, 6) is 0.934. The molecule has 3 unspecified atom stereocenters. The van der Waals surface area contributed by atoms with E-state index < -0.39 is 0 Å². The zero-order valence-corrected chi connectivity index (χ0v) is 10.0. The van der Waals surface area contributed by atoms with E-state index in [0.717, 1.165) is 18.0 Å². The zero-order chi connectivity index (χ0) is 10.3. The van der Waals surface area contributed by atoms with Crippen molar-refractivity contribution in [1.29, 1.82) is 0 Å². The van der Waals surface area contributed by atoms with Gasteiger partial charge < -0.3 is 10.2 Å². The minimum Gasteiger partial charge on any atom is -0.312 e. The van der Waals surface area contributed by atoms with Crippen molar-refractivity contribution in [3.8, 4) is 0 Å². The van der Waals surface area contributed by atoms with Gasteiger partial charge in [0, 0.05) is 18.6 Å². The lowest BCUT2D eigenvalue weighted by molar-refractivity contribution is 0.326. The van der Waals surface area contributed by atoms with Crippen molar-refractivity contribution >= 4 is 0 Å². The molecule has 14 heavy (non-hydrogen) atoms. The highest BCUT2D eigenvalue weighted by molar-refractivity contribution is 4.97. The number of rotatable bonds is 3. The van der Waals surface area contributed by atoms with Crippen LogP contribution in [0.25, 0.3) is 0 Å². The first-order valence-electron chi connectivity index (χ1n) is 5.92. The molecule has 2 rings (SSSR count). The molecule has 3 atom stereocenters. The summed E-state index contributed by atoms with van der Waals surface area (Å²) in [5.41, 5.74) is 0.628. The Kier molecular flexibility index (Phi) is 2.61. The van der Waals surface area contributed by atoms with Gasteiger partial charge in [-0.25, -0.2) is 0 Å². The summed E-state index contributed by atoms with van der Waals surface area (Å²) < 4.78 is 0. The number of nitrogens with zero attached hydrogens (tertiary/aromatic N) is 1. The lowest BCUT2D eigenvalue weighted by Gasteiger charge is -2.13. The van der Waals surface area contributed by atoms with Crippen molar-refractivity contribution in [2.24, 2.45) is 11.3 Å². The predicted octanol–water partition coefficient (Wildman–Crippen LogP) is 1.71. The quantitative estimate of drug-likeness (QED) is 0.739. The molecule has 82 valence electrons. The van der Waals surface area contributed by atoms with Crippen molar-refractivity contribution in [1.82, 2.24) is 10.2 Å². The van der Waals surface area contributed by atoms with Crippen LogP contribution in [0.2, 0.25) is 0 Å². The molecule has 1 heterocycles. The molecule has 1 saturated heterocycles. The second-order valence-corrected chi connectivity index (χ2v) is 6.02. The summed E-state index contributed by atoms with van der Waals surface area (Å²) in [6.07, 6.45) is 2.74. The molecule has 1 aliphatic carbocycles. The van der Waals surface area contributed by atoms with E-state index in [1.165, 1.54) is 25.9 Å². The molecular weight excluding hydrogens is 172 g/mol. The summed E-state index contributed by atoms with van der Waals surface area (Å²) >= 11 is 0. The smallest absolute Gasteiger partial charge is 0.0209 e. The maximum absolute atomic E-state index is 3.72. The summed E-state index contributed by atoms with van der Waals surface area (Å²) in [6, 6.07) is 1.51. The number of likely N-dealkylation sites (tertiary alicyclic amines) is 1. The van der Waals surface area contributed by atoms with Crippen LogP contribution in [-0.2, 0) is 0 Å². The Morgan fingerprint density at radius 3 is 2.50 bits per heavy atom. The SMILES string of the molecule is CC1CC(NCC2CC2(C)C)CN1C. The molecule has 0 aromatic heterocycles. The molecule has 1 aliphatic heterocycles. The Morgan fingerprint density at radius 2 is 2.07 bits per heavy atom. The number of hydrogen-bond donors (Lipinski definition) is 1. The molecule has 1 N–H and O–H groups in total. The molecule has 1 saturated carbocycles. The van der Waals surface area contributed by atoms with Crippen LogP contribution in [0.15, 0.2) is 0 Å². The van der Waals surface area contributed by atoms with Gasteiger partial charge in [0.25, 0.3) is 0 Å².